The number of hydrogen-bond acceptors (Lipinski definition) is 4. The Bertz CT molecular complexity index is 1440. The summed E-state index contributed by atoms with van der Waals surface area (Å²) in [6, 6.07) is 26.0. The van der Waals surface area contributed by atoms with Crippen molar-refractivity contribution in [1.82, 2.24) is 10.3 Å². The van der Waals surface area contributed by atoms with Crippen LogP contribution in [0, 0.1) is 17.7 Å². The Morgan fingerprint density at radius 3 is 2.41 bits per heavy atom. The van der Waals surface area contributed by atoms with Gasteiger partial charge in [-0.3, -0.25) is 10.3 Å². The quantitative estimate of drug-likeness (QED) is 0.361. The summed E-state index contributed by atoms with van der Waals surface area (Å²) >= 11 is 0. The molecule has 1 atom stereocenters. The lowest BCUT2D eigenvalue weighted by Crippen LogP contribution is -2.29. The fourth-order valence-corrected chi connectivity index (χ4v) is 5.21. The molecule has 0 spiro atoms. The molecule has 4 nitrogen and oxygen atoms in total. The molecule has 6 heteroatoms. The van der Waals surface area contributed by atoms with Crippen molar-refractivity contribution in [3.8, 4) is 23.0 Å². The van der Waals surface area contributed by atoms with Crippen molar-refractivity contribution in [2.45, 2.75) is 23.7 Å². The molecule has 0 aliphatic heterocycles. The Labute approximate surface area is 199 Å². The molecule has 4 rings (SSSR count). The molecule has 4 aromatic rings. The van der Waals surface area contributed by atoms with Gasteiger partial charge in [0.1, 0.15) is 5.82 Å². The fraction of sp³-hybridized carbons (Fsp3) is 0.107. The first-order valence-electron chi connectivity index (χ1n) is 10.7. The van der Waals surface area contributed by atoms with E-state index in [0.29, 0.717) is 5.69 Å². The lowest BCUT2D eigenvalue weighted by atomic mass is 10.0. The van der Waals surface area contributed by atoms with E-state index in [4.69, 9.17) is 0 Å². The van der Waals surface area contributed by atoms with Crippen LogP contribution in [-0.2, 0) is 16.4 Å². The van der Waals surface area contributed by atoms with Crippen molar-refractivity contribution >= 4 is 9.84 Å². The molecule has 0 radical (unpaired) electrons. The zero-order valence-electron chi connectivity index (χ0n) is 18.6. The minimum absolute atomic E-state index is 0.0962. The summed E-state index contributed by atoms with van der Waals surface area (Å²) in [6.45, 7) is 2.10. The van der Waals surface area contributed by atoms with Crippen LogP contribution in [0.3, 0.4) is 0 Å². The van der Waals surface area contributed by atoms with Crippen molar-refractivity contribution in [2.75, 3.05) is 0 Å². The summed E-state index contributed by atoms with van der Waals surface area (Å²) in [7, 11) is -3.93. The van der Waals surface area contributed by atoms with Gasteiger partial charge in [-0.15, -0.1) is 5.92 Å². The van der Waals surface area contributed by atoms with Gasteiger partial charge >= 0.3 is 0 Å². The second kappa shape index (κ2) is 10.4. The smallest absolute Gasteiger partial charge is 0.200 e. The van der Waals surface area contributed by atoms with Crippen molar-refractivity contribution in [3.05, 3.63) is 120 Å². The number of hydrogen-bond donors (Lipinski definition) is 1. The molecule has 1 heterocycles. The van der Waals surface area contributed by atoms with Crippen LogP contribution in [0.2, 0.25) is 0 Å². The molecule has 3 aromatic carbocycles. The number of pyridine rings is 1. The molecule has 0 aliphatic rings. The van der Waals surface area contributed by atoms with Gasteiger partial charge in [0, 0.05) is 18.3 Å². The molecule has 0 saturated heterocycles. The minimum atomic E-state index is -3.93. The molecule has 0 saturated carbocycles. The van der Waals surface area contributed by atoms with Crippen LogP contribution in [-0.4, -0.2) is 13.4 Å². The van der Waals surface area contributed by atoms with Crippen LogP contribution < -0.4 is 5.32 Å². The maximum atomic E-state index is 13.8. The maximum absolute atomic E-state index is 13.8. The Balaban J connectivity index is 1.57. The van der Waals surface area contributed by atoms with E-state index in [1.54, 1.807) is 25.1 Å². The fourth-order valence-electron chi connectivity index (χ4n) is 3.63. The number of rotatable bonds is 7. The van der Waals surface area contributed by atoms with Crippen molar-refractivity contribution < 1.29 is 12.8 Å². The predicted molar refractivity (Wildman–Crippen MR) is 132 cm³/mol. The van der Waals surface area contributed by atoms with Crippen molar-refractivity contribution in [1.29, 1.82) is 0 Å². The Hall–Kier alpha value is -3.79. The number of nitrogens with zero attached hydrogens (tertiary/aromatic N) is 1. The third kappa shape index (κ3) is 5.40. The van der Waals surface area contributed by atoms with Gasteiger partial charge in [-0.2, -0.15) is 0 Å². The number of nitrogens with one attached hydrogen (secondary N) is 1. The Kier molecular flexibility index (Phi) is 7.17. The third-order valence-corrected chi connectivity index (χ3v) is 7.24. The second-order valence-corrected chi connectivity index (χ2v) is 9.70. The number of sulfone groups is 1. The number of benzene rings is 3. The van der Waals surface area contributed by atoms with Crippen molar-refractivity contribution in [3.63, 3.8) is 0 Å². The van der Waals surface area contributed by atoms with E-state index in [-0.39, 0.29) is 11.4 Å². The largest absolute Gasteiger partial charge is 0.292 e. The van der Waals surface area contributed by atoms with Gasteiger partial charge in [0.2, 0.25) is 0 Å². The van der Waals surface area contributed by atoms with Gasteiger partial charge in [0.05, 0.1) is 10.6 Å². The van der Waals surface area contributed by atoms with Gasteiger partial charge < -0.3 is 0 Å². The molecular weight excluding hydrogens is 447 g/mol. The lowest BCUT2D eigenvalue weighted by molar-refractivity contribution is 0.548. The highest BCUT2D eigenvalue weighted by molar-refractivity contribution is 7.91. The van der Waals surface area contributed by atoms with E-state index in [0.717, 1.165) is 28.3 Å². The Morgan fingerprint density at radius 2 is 1.71 bits per heavy atom. The lowest BCUT2D eigenvalue weighted by Gasteiger charge is -2.19. The normalized spacial score (nSPS) is 11.9. The van der Waals surface area contributed by atoms with E-state index in [1.807, 2.05) is 48.5 Å². The van der Waals surface area contributed by atoms with E-state index >= 15 is 0 Å². The zero-order chi connectivity index (χ0) is 24.0. The second-order valence-electron chi connectivity index (χ2n) is 7.67. The molecule has 1 aromatic heterocycles. The molecule has 0 amide bonds. The first-order chi connectivity index (χ1) is 16.5. The molecule has 0 aliphatic carbocycles. The van der Waals surface area contributed by atoms with Gasteiger partial charge in [0.15, 0.2) is 15.2 Å². The third-order valence-electron chi connectivity index (χ3n) is 5.30. The number of halogens is 1. The van der Waals surface area contributed by atoms with E-state index < -0.39 is 21.0 Å². The molecule has 34 heavy (non-hydrogen) atoms. The average Bonchev–Trinajstić information content (AvgIpc) is 2.85. The van der Waals surface area contributed by atoms with Crippen LogP contribution in [0.1, 0.15) is 29.1 Å². The molecule has 170 valence electrons. The first kappa shape index (κ1) is 23.4. The zero-order valence-corrected chi connectivity index (χ0v) is 19.4. The summed E-state index contributed by atoms with van der Waals surface area (Å²) in [5.41, 5.74) is 4.30. The average molecular weight is 471 g/mol. The van der Waals surface area contributed by atoms with Crippen LogP contribution in [0.25, 0.3) is 11.1 Å². The van der Waals surface area contributed by atoms with Gasteiger partial charge in [0.25, 0.3) is 0 Å². The van der Waals surface area contributed by atoms with E-state index in [1.165, 1.54) is 24.4 Å². The van der Waals surface area contributed by atoms with Crippen LogP contribution in [0.5, 0.6) is 0 Å². The van der Waals surface area contributed by atoms with Crippen LogP contribution in [0.4, 0.5) is 4.39 Å². The summed E-state index contributed by atoms with van der Waals surface area (Å²) in [5.74, 6) is 5.36. The van der Waals surface area contributed by atoms with E-state index in [2.05, 4.69) is 22.1 Å². The first-order valence-corrected chi connectivity index (χ1v) is 12.3. The summed E-state index contributed by atoms with van der Waals surface area (Å²) < 4.78 is 40.5. The molecule has 1 N–H and O–H groups in total. The predicted octanol–water partition coefficient (Wildman–Crippen LogP) is 5.52. The molecular formula is C28H23FN2O2S. The van der Waals surface area contributed by atoms with Crippen molar-refractivity contribution in [2.24, 2.45) is 0 Å². The van der Waals surface area contributed by atoms with Crippen LogP contribution in [0.15, 0.2) is 102 Å². The van der Waals surface area contributed by atoms with Gasteiger partial charge in [-0.1, -0.05) is 54.5 Å². The minimum Gasteiger partial charge on any atom is -0.292 e. The number of aromatic nitrogens is 1. The highest BCUT2D eigenvalue weighted by Crippen LogP contribution is 2.27. The summed E-state index contributed by atoms with van der Waals surface area (Å²) in [6.07, 6.45) is 1.54. The standard InChI is InChI=1S/C28H23FN2O2S/c1-2-7-21-8-5-9-24(18-21)23-15-13-22(14-16-23)20-31-28(27-12-3-4-17-30-27)34(32,33)26-11-6-10-25(29)19-26/h3-6,8-19,28,31H,20H2,1H3. The molecule has 1 unspecified atom stereocenters. The van der Waals surface area contributed by atoms with E-state index in [9.17, 15) is 12.8 Å². The summed E-state index contributed by atoms with van der Waals surface area (Å²) in [4.78, 5) is 4.14. The molecule has 0 bridgehead atoms. The highest BCUT2D eigenvalue weighted by Gasteiger charge is 2.30. The molecule has 0 fully saturated rings. The van der Waals surface area contributed by atoms with Crippen LogP contribution >= 0.6 is 0 Å². The highest BCUT2D eigenvalue weighted by atomic mass is 32.2. The SMILES string of the molecule is CC#Cc1cccc(-c2ccc(CNC(c3ccccn3)S(=O)(=O)c3cccc(F)c3)cc2)c1. The maximum Gasteiger partial charge on any atom is 0.200 e. The topological polar surface area (TPSA) is 59.1 Å². The Morgan fingerprint density at radius 1 is 0.912 bits per heavy atom. The van der Waals surface area contributed by atoms with Gasteiger partial charge in [-0.05, 0) is 66.1 Å². The van der Waals surface area contributed by atoms with Gasteiger partial charge in [-0.25, -0.2) is 12.8 Å². The summed E-state index contributed by atoms with van der Waals surface area (Å²) in [5, 5.41) is 1.98. The monoisotopic (exact) mass is 470 g/mol.